The molecule has 0 aromatic heterocycles. The number of cyclic esters (lactones) is 1. The van der Waals surface area contributed by atoms with Crippen LogP contribution in [0.4, 0.5) is 0 Å². The van der Waals surface area contributed by atoms with Gasteiger partial charge in [0, 0.05) is 6.42 Å². The first-order valence-corrected chi connectivity index (χ1v) is 5.10. The Labute approximate surface area is 79.1 Å². The number of aliphatic hydroxyl groups excluding tert-OH is 1. The number of rotatable bonds is 5. The molecule has 76 valence electrons. The van der Waals surface area contributed by atoms with Crippen molar-refractivity contribution in [1.29, 1.82) is 0 Å². The molecule has 1 heterocycles. The Hall–Kier alpha value is -0.570. The topological polar surface area (TPSA) is 46.5 Å². The number of carbonyl (C=O) groups excluding carboxylic acids is 1. The van der Waals surface area contributed by atoms with Gasteiger partial charge in [0.1, 0.15) is 6.10 Å². The first-order valence-electron chi connectivity index (χ1n) is 5.10. The van der Waals surface area contributed by atoms with Gasteiger partial charge >= 0.3 is 5.97 Å². The third kappa shape index (κ3) is 3.77. The van der Waals surface area contributed by atoms with E-state index in [4.69, 9.17) is 4.74 Å². The lowest BCUT2D eigenvalue weighted by Crippen LogP contribution is -2.09. The molecule has 2 unspecified atom stereocenters. The van der Waals surface area contributed by atoms with Gasteiger partial charge in [-0.15, -0.1) is 0 Å². The lowest BCUT2D eigenvalue weighted by atomic mass is 10.1. The summed E-state index contributed by atoms with van der Waals surface area (Å²) in [5.41, 5.74) is 0. The van der Waals surface area contributed by atoms with Crippen LogP contribution in [0.25, 0.3) is 0 Å². The molecule has 2 atom stereocenters. The Morgan fingerprint density at radius 3 is 3.00 bits per heavy atom. The number of hydrogen-bond acceptors (Lipinski definition) is 3. The zero-order chi connectivity index (χ0) is 9.68. The van der Waals surface area contributed by atoms with Crippen molar-refractivity contribution in [3.63, 3.8) is 0 Å². The van der Waals surface area contributed by atoms with Gasteiger partial charge < -0.3 is 9.84 Å². The summed E-state index contributed by atoms with van der Waals surface area (Å²) in [5, 5.41) is 9.28. The minimum Gasteiger partial charge on any atom is -0.462 e. The molecule has 1 fully saturated rings. The monoisotopic (exact) mass is 186 g/mol. The average Bonchev–Trinajstić information content (AvgIpc) is 2.51. The zero-order valence-electron chi connectivity index (χ0n) is 8.16. The molecule has 0 spiro atoms. The predicted octanol–water partition coefficient (Wildman–Crippen LogP) is 1.63. The molecule has 0 aliphatic carbocycles. The Kier molecular flexibility index (Phi) is 4.22. The molecule has 0 radical (unpaired) electrons. The predicted molar refractivity (Wildman–Crippen MR) is 49.3 cm³/mol. The van der Waals surface area contributed by atoms with Crippen molar-refractivity contribution >= 4 is 5.97 Å². The van der Waals surface area contributed by atoms with Crippen LogP contribution in [0.3, 0.4) is 0 Å². The second kappa shape index (κ2) is 5.22. The first kappa shape index (κ1) is 10.5. The molecule has 0 aromatic carbocycles. The summed E-state index contributed by atoms with van der Waals surface area (Å²) < 4.78 is 5.06. The minimum atomic E-state index is -0.183. The van der Waals surface area contributed by atoms with Crippen molar-refractivity contribution in [2.45, 2.75) is 57.7 Å². The molecule has 0 amide bonds. The summed E-state index contributed by atoms with van der Waals surface area (Å²) in [6.07, 6.45) is 4.86. The zero-order valence-corrected chi connectivity index (χ0v) is 8.16. The third-order valence-electron chi connectivity index (χ3n) is 2.50. The average molecular weight is 186 g/mol. The van der Waals surface area contributed by atoms with E-state index in [1.807, 2.05) is 6.92 Å². The highest BCUT2D eigenvalue weighted by Crippen LogP contribution is 2.19. The van der Waals surface area contributed by atoms with Crippen molar-refractivity contribution in [2.24, 2.45) is 0 Å². The van der Waals surface area contributed by atoms with Crippen molar-refractivity contribution in [3.05, 3.63) is 0 Å². The van der Waals surface area contributed by atoms with Crippen LogP contribution >= 0.6 is 0 Å². The highest BCUT2D eigenvalue weighted by molar-refractivity contribution is 5.71. The van der Waals surface area contributed by atoms with Crippen molar-refractivity contribution in [3.8, 4) is 0 Å². The van der Waals surface area contributed by atoms with E-state index in [9.17, 15) is 9.90 Å². The molecular formula is C10H18O3. The van der Waals surface area contributed by atoms with E-state index < -0.39 is 0 Å². The van der Waals surface area contributed by atoms with E-state index in [-0.39, 0.29) is 18.2 Å². The summed E-state index contributed by atoms with van der Waals surface area (Å²) in [6.45, 7) is 1.97. The number of carbonyl (C=O) groups is 1. The van der Waals surface area contributed by atoms with Crippen LogP contribution in [0, 0.1) is 0 Å². The molecule has 1 saturated heterocycles. The summed E-state index contributed by atoms with van der Waals surface area (Å²) in [7, 11) is 0. The Morgan fingerprint density at radius 1 is 1.69 bits per heavy atom. The molecule has 0 saturated carbocycles. The summed E-state index contributed by atoms with van der Waals surface area (Å²) >= 11 is 0. The van der Waals surface area contributed by atoms with Gasteiger partial charge in [-0.25, -0.2) is 0 Å². The van der Waals surface area contributed by atoms with Crippen LogP contribution < -0.4 is 0 Å². The van der Waals surface area contributed by atoms with Crippen molar-refractivity contribution in [2.75, 3.05) is 0 Å². The maximum Gasteiger partial charge on any atom is 0.306 e. The molecule has 3 heteroatoms. The van der Waals surface area contributed by atoms with E-state index in [1.165, 1.54) is 0 Å². The van der Waals surface area contributed by atoms with Crippen LogP contribution in [-0.2, 0) is 9.53 Å². The molecule has 0 bridgehead atoms. The highest BCUT2D eigenvalue weighted by atomic mass is 16.5. The van der Waals surface area contributed by atoms with Crippen LogP contribution in [0.15, 0.2) is 0 Å². The van der Waals surface area contributed by atoms with E-state index >= 15 is 0 Å². The van der Waals surface area contributed by atoms with Gasteiger partial charge in [-0.05, 0) is 32.1 Å². The second-order valence-corrected chi connectivity index (χ2v) is 3.64. The van der Waals surface area contributed by atoms with Crippen LogP contribution in [0.2, 0.25) is 0 Å². The third-order valence-corrected chi connectivity index (χ3v) is 2.50. The normalized spacial score (nSPS) is 24.5. The lowest BCUT2D eigenvalue weighted by molar-refractivity contribution is -0.141. The van der Waals surface area contributed by atoms with E-state index in [1.54, 1.807) is 0 Å². The minimum absolute atomic E-state index is 0.0685. The van der Waals surface area contributed by atoms with Crippen LogP contribution in [0.5, 0.6) is 0 Å². The van der Waals surface area contributed by atoms with Gasteiger partial charge in [0.15, 0.2) is 0 Å². The summed E-state index contributed by atoms with van der Waals surface area (Å²) in [6, 6.07) is 0. The van der Waals surface area contributed by atoms with Crippen LogP contribution in [0.1, 0.15) is 45.4 Å². The SMILES string of the molecule is CCC(O)CCCC1CCC(=O)O1. The molecule has 1 N–H and O–H groups in total. The fraction of sp³-hybridized carbons (Fsp3) is 0.900. The number of aliphatic hydroxyl groups is 1. The van der Waals surface area contributed by atoms with Gasteiger partial charge in [0.2, 0.25) is 0 Å². The maximum absolute atomic E-state index is 10.7. The van der Waals surface area contributed by atoms with E-state index in [0.717, 1.165) is 32.1 Å². The number of esters is 1. The fourth-order valence-electron chi connectivity index (χ4n) is 1.57. The van der Waals surface area contributed by atoms with E-state index in [0.29, 0.717) is 6.42 Å². The molecule has 1 aliphatic rings. The van der Waals surface area contributed by atoms with Crippen molar-refractivity contribution < 1.29 is 14.6 Å². The lowest BCUT2D eigenvalue weighted by Gasteiger charge is -2.10. The molecule has 0 aromatic rings. The standard InChI is InChI=1S/C10H18O3/c1-2-8(11)4-3-5-9-6-7-10(12)13-9/h8-9,11H,2-7H2,1H3. The van der Waals surface area contributed by atoms with Crippen LogP contribution in [-0.4, -0.2) is 23.3 Å². The van der Waals surface area contributed by atoms with Gasteiger partial charge in [-0.1, -0.05) is 6.92 Å². The van der Waals surface area contributed by atoms with E-state index in [2.05, 4.69) is 0 Å². The second-order valence-electron chi connectivity index (χ2n) is 3.64. The molecule has 13 heavy (non-hydrogen) atoms. The molecular weight excluding hydrogens is 168 g/mol. The highest BCUT2D eigenvalue weighted by Gasteiger charge is 2.22. The Bertz CT molecular complexity index is 168. The number of ether oxygens (including phenoxy) is 1. The quantitative estimate of drug-likeness (QED) is 0.664. The first-order chi connectivity index (χ1) is 6.22. The smallest absolute Gasteiger partial charge is 0.306 e. The largest absolute Gasteiger partial charge is 0.462 e. The summed E-state index contributed by atoms with van der Waals surface area (Å²) in [5.74, 6) is -0.0685. The molecule has 1 aliphatic heterocycles. The van der Waals surface area contributed by atoms with Gasteiger partial charge in [0.05, 0.1) is 6.10 Å². The van der Waals surface area contributed by atoms with Gasteiger partial charge in [0.25, 0.3) is 0 Å². The fourth-order valence-corrected chi connectivity index (χ4v) is 1.57. The molecule has 3 nitrogen and oxygen atoms in total. The Morgan fingerprint density at radius 2 is 2.46 bits per heavy atom. The maximum atomic E-state index is 10.7. The van der Waals surface area contributed by atoms with Crippen molar-refractivity contribution in [1.82, 2.24) is 0 Å². The summed E-state index contributed by atoms with van der Waals surface area (Å²) in [4.78, 5) is 10.7. The Balaban J connectivity index is 2.03. The molecule has 1 rings (SSSR count). The van der Waals surface area contributed by atoms with Gasteiger partial charge in [-0.2, -0.15) is 0 Å². The number of hydrogen-bond donors (Lipinski definition) is 1. The van der Waals surface area contributed by atoms with Gasteiger partial charge in [-0.3, -0.25) is 4.79 Å².